The van der Waals surface area contributed by atoms with E-state index in [2.05, 4.69) is 34.6 Å². The Bertz CT molecular complexity index is 241. The number of carbonyl (C=O) groups is 1. The molecule has 0 heterocycles. The minimum absolute atomic E-state index is 0.00646. The Morgan fingerprint density at radius 3 is 1.88 bits per heavy atom. The lowest BCUT2D eigenvalue weighted by molar-refractivity contribution is -0.164. The Morgan fingerprint density at radius 2 is 1.53 bits per heavy atom. The maximum absolute atomic E-state index is 12.2. The van der Waals surface area contributed by atoms with Crippen molar-refractivity contribution in [1.82, 2.24) is 0 Å². The molecule has 17 heavy (non-hydrogen) atoms. The van der Waals surface area contributed by atoms with Gasteiger partial charge in [0, 0.05) is 0 Å². The zero-order chi connectivity index (χ0) is 13.8. The van der Waals surface area contributed by atoms with Gasteiger partial charge in [-0.15, -0.1) is 0 Å². The first-order valence-corrected chi connectivity index (χ1v) is 6.80. The molecule has 2 atom stereocenters. The molecule has 0 bridgehead atoms. The molecule has 0 amide bonds. The predicted octanol–water partition coefficient (Wildman–Crippen LogP) is 4.28. The molecule has 0 saturated heterocycles. The maximum Gasteiger partial charge on any atom is 0.312 e. The van der Waals surface area contributed by atoms with E-state index in [1.165, 1.54) is 0 Å². The molecule has 0 N–H and O–H groups in total. The minimum Gasteiger partial charge on any atom is -0.462 e. The van der Waals surface area contributed by atoms with Crippen LogP contribution in [0.15, 0.2) is 0 Å². The molecule has 0 aliphatic rings. The average Bonchev–Trinajstić information content (AvgIpc) is 2.15. The summed E-state index contributed by atoms with van der Waals surface area (Å²) in [5.41, 5.74) is -0.395. The van der Waals surface area contributed by atoms with Crippen molar-refractivity contribution in [2.24, 2.45) is 23.2 Å². The number of carbonyl (C=O) groups excluding carboxylic acids is 1. The quantitative estimate of drug-likeness (QED) is 0.650. The van der Waals surface area contributed by atoms with Gasteiger partial charge in [-0.2, -0.15) is 0 Å². The highest BCUT2D eigenvalue weighted by Gasteiger charge is 2.36. The third-order valence-corrected chi connectivity index (χ3v) is 3.81. The van der Waals surface area contributed by atoms with Gasteiger partial charge in [0.25, 0.3) is 0 Å². The Kier molecular flexibility index (Phi) is 6.22. The number of ether oxygens (including phenoxy) is 1. The predicted molar refractivity (Wildman–Crippen MR) is 72.8 cm³/mol. The summed E-state index contributed by atoms with van der Waals surface area (Å²) < 4.78 is 5.54. The molecule has 0 saturated carbocycles. The highest BCUT2D eigenvalue weighted by Crippen LogP contribution is 2.33. The molecule has 2 unspecified atom stereocenters. The lowest BCUT2D eigenvalue weighted by Gasteiger charge is -2.32. The van der Waals surface area contributed by atoms with Gasteiger partial charge < -0.3 is 4.74 Å². The SMILES string of the molecule is CC(C)CC(C)C(C)(C)C(=O)OC(C)C(C)C. The molecular weight excluding hydrogens is 212 g/mol. The second kappa shape index (κ2) is 6.42. The van der Waals surface area contributed by atoms with Crippen LogP contribution in [0.2, 0.25) is 0 Å². The van der Waals surface area contributed by atoms with Gasteiger partial charge in [0.1, 0.15) is 6.10 Å². The van der Waals surface area contributed by atoms with Crippen LogP contribution in [0.5, 0.6) is 0 Å². The van der Waals surface area contributed by atoms with Crippen LogP contribution in [0.1, 0.15) is 61.8 Å². The first-order valence-electron chi connectivity index (χ1n) is 6.80. The van der Waals surface area contributed by atoms with Crippen LogP contribution in [0.4, 0.5) is 0 Å². The van der Waals surface area contributed by atoms with E-state index >= 15 is 0 Å². The molecule has 102 valence electrons. The van der Waals surface area contributed by atoms with E-state index in [0.717, 1.165) is 6.42 Å². The second-order valence-corrected chi connectivity index (χ2v) is 6.61. The van der Waals surface area contributed by atoms with Crippen LogP contribution >= 0.6 is 0 Å². The van der Waals surface area contributed by atoms with Crippen molar-refractivity contribution in [2.75, 3.05) is 0 Å². The monoisotopic (exact) mass is 242 g/mol. The standard InChI is InChI=1S/C15H30O2/c1-10(2)9-12(5)15(7,8)14(16)17-13(6)11(3)4/h10-13H,9H2,1-8H3. The molecule has 0 aliphatic carbocycles. The molecule has 0 aliphatic heterocycles. The zero-order valence-corrected chi connectivity index (χ0v) is 12.8. The molecule has 0 aromatic heterocycles. The van der Waals surface area contributed by atoms with Crippen LogP contribution in [-0.4, -0.2) is 12.1 Å². The molecule has 0 aromatic rings. The zero-order valence-electron chi connectivity index (χ0n) is 12.8. The summed E-state index contributed by atoms with van der Waals surface area (Å²) in [4.78, 5) is 12.2. The summed E-state index contributed by atoms with van der Waals surface area (Å²) in [7, 11) is 0. The largest absolute Gasteiger partial charge is 0.462 e. The summed E-state index contributed by atoms with van der Waals surface area (Å²) in [5, 5.41) is 0. The van der Waals surface area contributed by atoms with Crippen LogP contribution < -0.4 is 0 Å². The molecule has 0 fully saturated rings. The van der Waals surface area contributed by atoms with Crippen LogP contribution in [0.3, 0.4) is 0 Å². The topological polar surface area (TPSA) is 26.3 Å². The van der Waals surface area contributed by atoms with E-state index in [1.807, 2.05) is 20.8 Å². The Morgan fingerprint density at radius 1 is 1.06 bits per heavy atom. The van der Waals surface area contributed by atoms with Crippen molar-refractivity contribution < 1.29 is 9.53 Å². The van der Waals surface area contributed by atoms with E-state index in [1.54, 1.807) is 0 Å². The van der Waals surface area contributed by atoms with Gasteiger partial charge in [-0.05, 0) is 44.9 Å². The highest BCUT2D eigenvalue weighted by atomic mass is 16.5. The van der Waals surface area contributed by atoms with E-state index in [9.17, 15) is 4.79 Å². The number of esters is 1. The van der Waals surface area contributed by atoms with Gasteiger partial charge in [-0.1, -0.05) is 34.6 Å². The Balaban J connectivity index is 4.53. The van der Waals surface area contributed by atoms with Crippen molar-refractivity contribution >= 4 is 5.97 Å². The first-order chi connectivity index (χ1) is 7.59. The fourth-order valence-corrected chi connectivity index (χ4v) is 1.66. The smallest absolute Gasteiger partial charge is 0.312 e. The van der Waals surface area contributed by atoms with Crippen molar-refractivity contribution in [3.63, 3.8) is 0 Å². The molecule has 0 aromatic carbocycles. The summed E-state index contributed by atoms with van der Waals surface area (Å²) in [5.74, 6) is 1.26. The van der Waals surface area contributed by atoms with Crippen LogP contribution in [-0.2, 0) is 9.53 Å². The molecule has 2 heteroatoms. The molecule has 0 spiro atoms. The van der Waals surface area contributed by atoms with Gasteiger partial charge in [0.2, 0.25) is 0 Å². The van der Waals surface area contributed by atoms with Crippen molar-refractivity contribution in [1.29, 1.82) is 0 Å². The lowest BCUT2D eigenvalue weighted by atomic mass is 9.76. The maximum atomic E-state index is 12.2. The normalized spacial score (nSPS) is 16.1. The van der Waals surface area contributed by atoms with E-state index in [4.69, 9.17) is 4.74 Å². The molecule has 2 nitrogen and oxygen atoms in total. The lowest BCUT2D eigenvalue weighted by Crippen LogP contribution is -2.36. The van der Waals surface area contributed by atoms with Gasteiger partial charge in [-0.25, -0.2) is 0 Å². The number of rotatable bonds is 6. The van der Waals surface area contributed by atoms with Gasteiger partial charge in [0.05, 0.1) is 5.41 Å². The minimum atomic E-state index is -0.395. The third kappa shape index (κ3) is 5.10. The highest BCUT2D eigenvalue weighted by molar-refractivity contribution is 5.76. The Hall–Kier alpha value is -0.530. The van der Waals surface area contributed by atoms with Crippen LogP contribution in [0.25, 0.3) is 0 Å². The molecule has 0 rings (SSSR count). The summed E-state index contributed by atoms with van der Waals surface area (Å²) in [6.07, 6.45) is 1.05. The van der Waals surface area contributed by atoms with E-state index < -0.39 is 5.41 Å². The summed E-state index contributed by atoms with van der Waals surface area (Å²) in [6.45, 7) is 16.6. The third-order valence-electron chi connectivity index (χ3n) is 3.81. The van der Waals surface area contributed by atoms with Crippen LogP contribution in [0, 0.1) is 23.2 Å². The van der Waals surface area contributed by atoms with Gasteiger partial charge in [0.15, 0.2) is 0 Å². The van der Waals surface area contributed by atoms with Gasteiger partial charge in [-0.3, -0.25) is 4.79 Å². The van der Waals surface area contributed by atoms with E-state index in [0.29, 0.717) is 17.8 Å². The Labute approximate surface area is 107 Å². The fraction of sp³-hybridized carbons (Fsp3) is 0.933. The van der Waals surface area contributed by atoms with Crippen molar-refractivity contribution in [2.45, 2.75) is 67.9 Å². The average molecular weight is 242 g/mol. The summed E-state index contributed by atoms with van der Waals surface area (Å²) >= 11 is 0. The fourth-order valence-electron chi connectivity index (χ4n) is 1.66. The second-order valence-electron chi connectivity index (χ2n) is 6.61. The van der Waals surface area contributed by atoms with Gasteiger partial charge >= 0.3 is 5.97 Å². The van der Waals surface area contributed by atoms with E-state index in [-0.39, 0.29) is 12.1 Å². The van der Waals surface area contributed by atoms with Crippen molar-refractivity contribution in [3.05, 3.63) is 0 Å². The molecule has 0 radical (unpaired) electrons. The number of hydrogen-bond donors (Lipinski definition) is 0. The van der Waals surface area contributed by atoms with Crippen molar-refractivity contribution in [3.8, 4) is 0 Å². The number of hydrogen-bond acceptors (Lipinski definition) is 2. The first kappa shape index (κ1) is 16.5. The molecular formula is C15H30O2. The summed E-state index contributed by atoms with van der Waals surface area (Å²) in [6, 6.07) is 0.